The van der Waals surface area contributed by atoms with Gasteiger partial charge in [0.2, 0.25) is 5.91 Å². The van der Waals surface area contributed by atoms with Crippen LogP contribution in [0.3, 0.4) is 0 Å². The molecular formula is C24H26N6O3. The van der Waals surface area contributed by atoms with Gasteiger partial charge in [0.15, 0.2) is 5.69 Å². The zero-order chi connectivity index (χ0) is 23.2. The van der Waals surface area contributed by atoms with Crippen LogP contribution in [0.5, 0.6) is 0 Å². The largest absolute Gasteiger partial charge is 0.347 e. The lowest BCUT2D eigenvalue weighted by molar-refractivity contribution is -0.114. The number of aromatic nitrogens is 3. The zero-order valence-electron chi connectivity index (χ0n) is 18.4. The molecule has 0 bridgehead atoms. The molecule has 2 N–H and O–H groups in total. The minimum atomic E-state index is -0.292. The van der Waals surface area contributed by atoms with Crippen LogP contribution in [0.4, 0.5) is 5.69 Å². The van der Waals surface area contributed by atoms with E-state index in [1.54, 1.807) is 35.1 Å². The summed E-state index contributed by atoms with van der Waals surface area (Å²) in [6.45, 7) is 2.94. The van der Waals surface area contributed by atoms with Gasteiger partial charge in [0.05, 0.1) is 18.8 Å². The van der Waals surface area contributed by atoms with Crippen LogP contribution in [-0.4, -0.2) is 50.2 Å². The first-order valence-electron chi connectivity index (χ1n) is 10.9. The summed E-state index contributed by atoms with van der Waals surface area (Å²) in [5.74, 6) is -0.571. The lowest BCUT2D eigenvalue weighted by Crippen LogP contribution is -2.38. The Hall–Kier alpha value is -4.01. The molecule has 4 rings (SSSR count). The molecule has 3 amide bonds. The van der Waals surface area contributed by atoms with Crippen molar-refractivity contribution in [3.63, 3.8) is 0 Å². The van der Waals surface area contributed by atoms with E-state index in [0.717, 1.165) is 18.4 Å². The van der Waals surface area contributed by atoms with Gasteiger partial charge in [0.1, 0.15) is 0 Å². The third-order valence-electron chi connectivity index (χ3n) is 5.53. The number of anilines is 1. The summed E-state index contributed by atoms with van der Waals surface area (Å²) >= 11 is 0. The molecule has 9 nitrogen and oxygen atoms in total. The van der Waals surface area contributed by atoms with Gasteiger partial charge < -0.3 is 15.5 Å². The quantitative estimate of drug-likeness (QED) is 0.580. The molecule has 2 heterocycles. The Balaban J connectivity index is 1.38. The first-order valence-corrected chi connectivity index (χ1v) is 10.9. The minimum absolute atomic E-state index is 0.0520. The minimum Gasteiger partial charge on any atom is -0.347 e. The molecule has 3 aromatic rings. The monoisotopic (exact) mass is 446 g/mol. The van der Waals surface area contributed by atoms with E-state index in [1.807, 2.05) is 35.2 Å². The second-order valence-electron chi connectivity index (χ2n) is 8.05. The molecule has 0 radical (unpaired) electrons. The number of carbonyl (C=O) groups is 3. The Morgan fingerprint density at radius 2 is 1.91 bits per heavy atom. The van der Waals surface area contributed by atoms with Gasteiger partial charge in [-0.1, -0.05) is 41.6 Å². The Morgan fingerprint density at radius 1 is 1.09 bits per heavy atom. The van der Waals surface area contributed by atoms with Crippen molar-refractivity contribution in [1.29, 1.82) is 0 Å². The smallest absolute Gasteiger partial charge is 0.273 e. The lowest BCUT2D eigenvalue weighted by Gasteiger charge is -2.24. The summed E-state index contributed by atoms with van der Waals surface area (Å²) in [5.41, 5.74) is 2.35. The maximum absolute atomic E-state index is 13.1. The molecule has 9 heteroatoms. The Morgan fingerprint density at radius 3 is 2.70 bits per heavy atom. The van der Waals surface area contributed by atoms with Crippen molar-refractivity contribution in [1.82, 2.24) is 25.2 Å². The fourth-order valence-electron chi connectivity index (χ4n) is 3.97. The number of amides is 3. The van der Waals surface area contributed by atoms with Crippen LogP contribution in [0.1, 0.15) is 46.2 Å². The van der Waals surface area contributed by atoms with Gasteiger partial charge in [-0.15, -0.1) is 5.10 Å². The summed E-state index contributed by atoms with van der Waals surface area (Å²) in [5, 5.41) is 13.6. The van der Waals surface area contributed by atoms with E-state index in [4.69, 9.17) is 0 Å². The Kier molecular flexibility index (Phi) is 6.77. The van der Waals surface area contributed by atoms with Crippen LogP contribution in [0.25, 0.3) is 0 Å². The van der Waals surface area contributed by atoms with E-state index in [0.29, 0.717) is 30.9 Å². The molecule has 1 saturated heterocycles. The second kappa shape index (κ2) is 10.1. The van der Waals surface area contributed by atoms with Crippen LogP contribution >= 0.6 is 0 Å². The first-order chi connectivity index (χ1) is 16.0. The van der Waals surface area contributed by atoms with Gasteiger partial charge in [-0.3, -0.25) is 14.4 Å². The third-order valence-corrected chi connectivity index (χ3v) is 5.53. The number of rotatable bonds is 7. The van der Waals surface area contributed by atoms with Crippen LogP contribution < -0.4 is 10.6 Å². The maximum atomic E-state index is 13.1. The first kappa shape index (κ1) is 22.2. The molecule has 0 aliphatic carbocycles. The SMILES string of the molecule is CC(=O)Nc1cccc(C(=O)N2CCC[C@H]2Cn2cc(C(=O)NCc3ccccc3)nn2)c1. The molecule has 170 valence electrons. The normalized spacial score (nSPS) is 15.3. The zero-order valence-corrected chi connectivity index (χ0v) is 18.4. The molecule has 1 aliphatic rings. The Bertz CT molecular complexity index is 1140. The van der Waals surface area contributed by atoms with Gasteiger partial charge in [-0.2, -0.15) is 0 Å². The number of benzene rings is 2. The second-order valence-corrected chi connectivity index (χ2v) is 8.05. The summed E-state index contributed by atoms with van der Waals surface area (Å²) in [4.78, 5) is 38.7. The fraction of sp³-hybridized carbons (Fsp3) is 0.292. The van der Waals surface area contributed by atoms with Crippen LogP contribution in [0.15, 0.2) is 60.8 Å². The van der Waals surface area contributed by atoms with E-state index >= 15 is 0 Å². The summed E-state index contributed by atoms with van der Waals surface area (Å²) < 4.78 is 1.61. The van der Waals surface area contributed by atoms with Crippen LogP contribution in [0.2, 0.25) is 0 Å². The fourth-order valence-corrected chi connectivity index (χ4v) is 3.97. The van der Waals surface area contributed by atoms with Crippen LogP contribution in [0, 0.1) is 0 Å². The van der Waals surface area contributed by atoms with Gasteiger partial charge in [0, 0.05) is 31.3 Å². The van der Waals surface area contributed by atoms with Crippen molar-refractivity contribution in [2.24, 2.45) is 0 Å². The molecule has 1 fully saturated rings. The predicted octanol–water partition coefficient (Wildman–Crippen LogP) is 2.47. The topological polar surface area (TPSA) is 109 Å². The number of nitrogens with zero attached hydrogens (tertiary/aromatic N) is 4. The van der Waals surface area contributed by atoms with Crippen LogP contribution in [-0.2, 0) is 17.9 Å². The average molecular weight is 447 g/mol. The van der Waals surface area contributed by atoms with Crippen molar-refractivity contribution in [2.45, 2.75) is 38.9 Å². The van der Waals surface area contributed by atoms with Gasteiger partial charge in [-0.25, -0.2) is 4.68 Å². The number of nitrogens with one attached hydrogen (secondary N) is 2. The summed E-state index contributed by atoms with van der Waals surface area (Å²) in [6, 6.07) is 16.5. The van der Waals surface area contributed by atoms with Crippen molar-refractivity contribution >= 4 is 23.4 Å². The molecule has 0 spiro atoms. The van der Waals surface area contributed by atoms with Gasteiger partial charge in [-0.05, 0) is 36.6 Å². The molecule has 33 heavy (non-hydrogen) atoms. The molecule has 1 atom stereocenters. The highest BCUT2D eigenvalue weighted by molar-refractivity contribution is 5.97. The number of hydrogen-bond donors (Lipinski definition) is 2. The molecule has 2 aromatic carbocycles. The van der Waals surface area contributed by atoms with E-state index < -0.39 is 0 Å². The summed E-state index contributed by atoms with van der Waals surface area (Å²) in [6.07, 6.45) is 3.34. The van der Waals surface area contributed by atoms with E-state index in [9.17, 15) is 14.4 Å². The highest BCUT2D eigenvalue weighted by atomic mass is 16.2. The third kappa shape index (κ3) is 5.62. The van der Waals surface area contributed by atoms with E-state index in [1.165, 1.54) is 6.92 Å². The lowest BCUT2D eigenvalue weighted by atomic mass is 10.1. The van der Waals surface area contributed by atoms with Crippen molar-refractivity contribution in [3.8, 4) is 0 Å². The van der Waals surface area contributed by atoms with Crippen molar-refractivity contribution in [2.75, 3.05) is 11.9 Å². The standard InChI is InChI=1S/C24H26N6O3/c1-17(31)26-20-10-5-9-19(13-20)24(33)30-12-6-11-21(30)15-29-16-22(27-28-29)23(32)25-14-18-7-3-2-4-8-18/h2-5,7-10,13,16,21H,6,11-12,14-15H2,1H3,(H,25,32)(H,26,31)/t21-/m0/s1. The number of carbonyl (C=O) groups excluding carboxylic acids is 3. The van der Waals surface area contributed by atoms with E-state index in [2.05, 4.69) is 20.9 Å². The molecular weight excluding hydrogens is 420 g/mol. The molecule has 0 saturated carbocycles. The molecule has 1 aliphatic heterocycles. The molecule has 1 aromatic heterocycles. The average Bonchev–Trinajstić information content (AvgIpc) is 3.47. The highest BCUT2D eigenvalue weighted by Gasteiger charge is 2.30. The summed E-state index contributed by atoms with van der Waals surface area (Å²) in [7, 11) is 0. The predicted molar refractivity (Wildman–Crippen MR) is 122 cm³/mol. The molecule has 0 unspecified atom stereocenters. The van der Waals surface area contributed by atoms with Gasteiger partial charge >= 0.3 is 0 Å². The maximum Gasteiger partial charge on any atom is 0.273 e. The van der Waals surface area contributed by atoms with Crippen molar-refractivity contribution in [3.05, 3.63) is 77.6 Å². The number of hydrogen-bond acceptors (Lipinski definition) is 5. The number of likely N-dealkylation sites (tertiary alicyclic amines) is 1. The highest BCUT2D eigenvalue weighted by Crippen LogP contribution is 2.22. The van der Waals surface area contributed by atoms with E-state index in [-0.39, 0.29) is 29.5 Å². The van der Waals surface area contributed by atoms with Crippen molar-refractivity contribution < 1.29 is 14.4 Å². The van der Waals surface area contributed by atoms with Gasteiger partial charge in [0.25, 0.3) is 11.8 Å². The Labute approximate surface area is 191 Å².